The molecule has 1 aliphatic heterocycles. The van der Waals surface area contributed by atoms with Gasteiger partial charge in [-0.15, -0.1) is 0 Å². The topological polar surface area (TPSA) is 110 Å². The number of hydrogen-bond donors (Lipinski definition) is 1. The van der Waals surface area contributed by atoms with Crippen LogP contribution in [0.4, 0.5) is 5.69 Å². The average molecular weight is 416 g/mol. The van der Waals surface area contributed by atoms with Gasteiger partial charge in [-0.3, -0.25) is 14.0 Å². The molecule has 0 radical (unpaired) electrons. The van der Waals surface area contributed by atoms with Gasteiger partial charge in [-0.05, 0) is 30.3 Å². The number of hydrogen-bond acceptors (Lipinski definition) is 6. The van der Waals surface area contributed by atoms with Crippen molar-refractivity contribution in [3.05, 3.63) is 72.5 Å². The zero-order valence-electron chi connectivity index (χ0n) is 16.6. The van der Waals surface area contributed by atoms with Crippen molar-refractivity contribution in [2.75, 3.05) is 31.1 Å². The number of furan rings is 1. The lowest BCUT2D eigenvalue weighted by atomic mass is 10.2. The van der Waals surface area contributed by atoms with Crippen molar-refractivity contribution in [1.29, 1.82) is 0 Å². The van der Waals surface area contributed by atoms with Crippen LogP contribution in [0.5, 0.6) is 0 Å². The van der Waals surface area contributed by atoms with Crippen molar-refractivity contribution in [2.45, 2.75) is 0 Å². The second kappa shape index (κ2) is 7.60. The number of nitrogens with zero attached hydrogens (tertiary/aromatic N) is 5. The third-order valence-corrected chi connectivity index (χ3v) is 5.42. The molecule has 0 atom stereocenters. The van der Waals surface area contributed by atoms with Crippen LogP contribution in [0.15, 0.2) is 65.5 Å². The lowest BCUT2D eigenvalue weighted by molar-refractivity contribution is 0.0739. The molecule has 5 rings (SSSR count). The Kier molecular flexibility index (Phi) is 4.62. The first-order valence-corrected chi connectivity index (χ1v) is 9.93. The molecule has 4 aromatic rings. The maximum Gasteiger partial charge on any atom is 0.271 e. The SMILES string of the molecule is NC(=O)c1ncn2c(C(=O)N3CCN(c4ccccc4)CC3)cc(-c3ccco3)nc12. The molecule has 1 aliphatic rings. The molecule has 1 saturated heterocycles. The van der Waals surface area contributed by atoms with Crippen LogP contribution in [-0.4, -0.2) is 57.3 Å². The summed E-state index contributed by atoms with van der Waals surface area (Å²) in [5.74, 6) is -0.384. The largest absolute Gasteiger partial charge is 0.463 e. The zero-order valence-corrected chi connectivity index (χ0v) is 16.6. The van der Waals surface area contributed by atoms with Crippen LogP contribution in [-0.2, 0) is 0 Å². The Hall–Kier alpha value is -4.14. The smallest absolute Gasteiger partial charge is 0.271 e. The van der Waals surface area contributed by atoms with Gasteiger partial charge in [-0.25, -0.2) is 9.97 Å². The fourth-order valence-electron chi connectivity index (χ4n) is 3.83. The van der Waals surface area contributed by atoms with Gasteiger partial charge < -0.3 is 20.0 Å². The van der Waals surface area contributed by atoms with Crippen molar-refractivity contribution in [3.63, 3.8) is 0 Å². The highest BCUT2D eigenvalue weighted by molar-refractivity contribution is 5.99. The summed E-state index contributed by atoms with van der Waals surface area (Å²) < 4.78 is 6.96. The normalized spacial score (nSPS) is 14.2. The van der Waals surface area contributed by atoms with Crippen molar-refractivity contribution in [2.24, 2.45) is 5.73 Å². The van der Waals surface area contributed by atoms with Crippen molar-refractivity contribution in [1.82, 2.24) is 19.3 Å². The van der Waals surface area contributed by atoms with Crippen LogP contribution >= 0.6 is 0 Å². The number of para-hydroxylation sites is 1. The predicted molar refractivity (Wildman–Crippen MR) is 114 cm³/mol. The van der Waals surface area contributed by atoms with E-state index in [4.69, 9.17) is 10.2 Å². The molecule has 0 spiro atoms. The number of primary amides is 1. The number of amides is 2. The molecule has 3 aromatic heterocycles. The number of rotatable bonds is 4. The summed E-state index contributed by atoms with van der Waals surface area (Å²) in [7, 11) is 0. The van der Waals surface area contributed by atoms with Gasteiger partial charge in [0.15, 0.2) is 17.1 Å². The van der Waals surface area contributed by atoms with Crippen LogP contribution in [0.2, 0.25) is 0 Å². The highest BCUT2D eigenvalue weighted by Gasteiger charge is 2.26. The molecule has 2 amide bonds. The van der Waals surface area contributed by atoms with Crippen LogP contribution < -0.4 is 10.6 Å². The molecule has 31 heavy (non-hydrogen) atoms. The highest BCUT2D eigenvalue weighted by atomic mass is 16.3. The number of carbonyl (C=O) groups is 2. The fraction of sp³-hybridized carbons (Fsp3) is 0.182. The van der Waals surface area contributed by atoms with Crippen molar-refractivity contribution in [3.8, 4) is 11.5 Å². The van der Waals surface area contributed by atoms with Gasteiger partial charge in [0.25, 0.3) is 11.8 Å². The van der Waals surface area contributed by atoms with Crippen LogP contribution in [0.3, 0.4) is 0 Å². The van der Waals surface area contributed by atoms with Gasteiger partial charge in [0.2, 0.25) is 0 Å². The second-order valence-corrected chi connectivity index (χ2v) is 7.27. The molecule has 156 valence electrons. The lowest BCUT2D eigenvalue weighted by Gasteiger charge is -2.36. The minimum atomic E-state index is -0.707. The van der Waals surface area contributed by atoms with E-state index < -0.39 is 5.91 Å². The average Bonchev–Trinajstić information content (AvgIpc) is 3.49. The van der Waals surface area contributed by atoms with Gasteiger partial charge in [0, 0.05) is 31.9 Å². The van der Waals surface area contributed by atoms with Crippen LogP contribution in [0.1, 0.15) is 21.0 Å². The van der Waals surface area contributed by atoms with Crippen LogP contribution in [0.25, 0.3) is 17.1 Å². The third kappa shape index (κ3) is 3.39. The summed E-state index contributed by atoms with van der Waals surface area (Å²) in [6, 6.07) is 15.3. The monoisotopic (exact) mass is 416 g/mol. The number of piperazine rings is 1. The lowest BCUT2D eigenvalue weighted by Crippen LogP contribution is -2.49. The Bertz CT molecular complexity index is 1240. The Labute approximate surface area is 177 Å². The number of nitrogens with two attached hydrogens (primary N) is 1. The predicted octanol–water partition coefficient (Wildman–Crippen LogP) is 2.05. The minimum Gasteiger partial charge on any atom is -0.463 e. The first-order valence-electron chi connectivity index (χ1n) is 9.93. The summed E-state index contributed by atoms with van der Waals surface area (Å²) in [6.45, 7) is 2.60. The van der Waals surface area contributed by atoms with Gasteiger partial charge in [0.1, 0.15) is 17.7 Å². The molecule has 1 aromatic carbocycles. The van der Waals surface area contributed by atoms with E-state index in [0.717, 1.165) is 18.8 Å². The number of fused-ring (bicyclic) bond motifs is 1. The summed E-state index contributed by atoms with van der Waals surface area (Å²) in [4.78, 5) is 37.8. The van der Waals surface area contributed by atoms with Crippen molar-refractivity contribution < 1.29 is 14.0 Å². The Morgan fingerprint density at radius 2 is 1.77 bits per heavy atom. The standard InChI is InChI=1S/C22H20N6O3/c23-20(29)19-21-25-16(18-7-4-12-31-18)13-17(28(21)14-24-19)22(30)27-10-8-26(9-11-27)15-5-2-1-3-6-15/h1-7,12-14H,8-11H2,(H2,23,29). The quantitative estimate of drug-likeness (QED) is 0.545. The molecule has 1 fully saturated rings. The van der Waals surface area contributed by atoms with Gasteiger partial charge in [0.05, 0.1) is 6.26 Å². The number of carbonyl (C=O) groups excluding carboxylic acids is 2. The fourth-order valence-corrected chi connectivity index (χ4v) is 3.83. The van der Waals surface area contributed by atoms with E-state index in [1.54, 1.807) is 23.1 Å². The molecule has 2 N–H and O–H groups in total. The highest BCUT2D eigenvalue weighted by Crippen LogP contribution is 2.23. The number of benzene rings is 1. The minimum absolute atomic E-state index is 0.0105. The molecule has 0 saturated carbocycles. The first-order chi connectivity index (χ1) is 15.1. The molecule has 9 heteroatoms. The maximum absolute atomic E-state index is 13.4. The summed E-state index contributed by atoms with van der Waals surface area (Å²) in [5, 5.41) is 0. The van der Waals surface area contributed by atoms with E-state index in [1.807, 2.05) is 18.2 Å². The number of aromatic nitrogens is 3. The summed E-state index contributed by atoms with van der Waals surface area (Å²) in [6.07, 6.45) is 2.93. The molecule has 4 heterocycles. The van der Waals surface area contributed by atoms with E-state index >= 15 is 0 Å². The van der Waals surface area contributed by atoms with Gasteiger partial charge in [-0.1, -0.05) is 18.2 Å². The van der Waals surface area contributed by atoms with E-state index in [9.17, 15) is 9.59 Å². The second-order valence-electron chi connectivity index (χ2n) is 7.27. The Morgan fingerprint density at radius 3 is 2.45 bits per heavy atom. The molecule has 0 aliphatic carbocycles. The van der Waals surface area contributed by atoms with E-state index in [1.165, 1.54) is 17.0 Å². The number of anilines is 1. The number of imidazole rings is 1. The molecular formula is C22H20N6O3. The zero-order chi connectivity index (χ0) is 21.4. The third-order valence-electron chi connectivity index (χ3n) is 5.42. The Balaban J connectivity index is 1.48. The van der Waals surface area contributed by atoms with Crippen molar-refractivity contribution >= 4 is 23.1 Å². The molecule has 9 nitrogen and oxygen atoms in total. The van der Waals surface area contributed by atoms with Gasteiger partial charge in [-0.2, -0.15) is 0 Å². The molecular weight excluding hydrogens is 396 g/mol. The van der Waals surface area contributed by atoms with E-state index in [0.29, 0.717) is 30.2 Å². The molecule has 0 unspecified atom stereocenters. The maximum atomic E-state index is 13.4. The Morgan fingerprint density at radius 1 is 1.00 bits per heavy atom. The summed E-state index contributed by atoms with van der Waals surface area (Å²) in [5.41, 5.74) is 7.62. The van der Waals surface area contributed by atoms with E-state index in [2.05, 4.69) is 27.0 Å². The van der Waals surface area contributed by atoms with E-state index in [-0.39, 0.29) is 17.2 Å². The van der Waals surface area contributed by atoms with Crippen LogP contribution in [0, 0.1) is 0 Å². The summed E-state index contributed by atoms with van der Waals surface area (Å²) >= 11 is 0. The van der Waals surface area contributed by atoms with Gasteiger partial charge >= 0.3 is 0 Å². The first kappa shape index (κ1) is 18.9. The molecule has 0 bridgehead atoms.